The van der Waals surface area contributed by atoms with Gasteiger partial charge < -0.3 is 11.1 Å². The van der Waals surface area contributed by atoms with Gasteiger partial charge in [0.05, 0.1) is 6.54 Å². The van der Waals surface area contributed by atoms with Crippen LogP contribution < -0.4 is 11.1 Å². The predicted molar refractivity (Wildman–Crippen MR) is 69.9 cm³/mol. The van der Waals surface area contributed by atoms with Crippen molar-refractivity contribution < 1.29 is 4.79 Å². The number of hydrogen-bond acceptors (Lipinski definition) is 3. The number of nitrogens with two attached hydrogens (primary N) is 1. The van der Waals surface area contributed by atoms with Gasteiger partial charge in [0, 0.05) is 30.9 Å². The van der Waals surface area contributed by atoms with Crippen molar-refractivity contribution in [2.45, 2.75) is 50.6 Å². The van der Waals surface area contributed by atoms with Gasteiger partial charge >= 0.3 is 0 Å². The maximum Gasteiger partial charge on any atom is 0.221 e. The zero-order valence-corrected chi connectivity index (χ0v) is 10.8. The Morgan fingerprint density at radius 2 is 2.17 bits per heavy atom. The minimum atomic E-state index is -0.270. The van der Waals surface area contributed by atoms with Crippen LogP contribution in [-0.4, -0.2) is 27.8 Å². The van der Waals surface area contributed by atoms with Crippen LogP contribution in [0.5, 0.6) is 0 Å². The van der Waals surface area contributed by atoms with Gasteiger partial charge in [-0.2, -0.15) is 5.10 Å². The Labute approximate surface area is 108 Å². The van der Waals surface area contributed by atoms with Crippen molar-refractivity contribution >= 4 is 5.91 Å². The molecule has 1 amide bonds. The molecule has 1 aliphatic rings. The lowest BCUT2D eigenvalue weighted by Crippen LogP contribution is -2.46. The molecule has 1 heterocycles. The molecule has 1 fully saturated rings. The highest BCUT2D eigenvalue weighted by atomic mass is 16.1. The fourth-order valence-electron chi connectivity index (χ4n) is 2.56. The third-order valence-corrected chi connectivity index (χ3v) is 3.58. The summed E-state index contributed by atoms with van der Waals surface area (Å²) in [7, 11) is 0. The zero-order chi connectivity index (χ0) is 12.8. The van der Waals surface area contributed by atoms with Gasteiger partial charge in [0.1, 0.15) is 0 Å². The van der Waals surface area contributed by atoms with Gasteiger partial charge in [0.15, 0.2) is 0 Å². The van der Waals surface area contributed by atoms with Crippen LogP contribution in [-0.2, 0) is 11.3 Å². The Balaban J connectivity index is 1.68. The first-order valence-corrected chi connectivity index (χ1v) is 6.71. The van der Waals surface area contributed by atoms with E-state index in [1.807, 2.05) is 12.3 Å². The molecule has 0 spiro atoms. The van der Waals surface area contributed by atoms with Crippen molar-refractivity contribution in [3.05, 3.63) is 18.5 Å². The number of amides is 1. The molecule has 5 heteroatoms. The minimum Gasteiger partial charge on any atom is -0.354 e. The lowest BCUT2D eigenvalue weighted by Gasteiger charge is -2.32. The quantitative estimate of drug-likeness (QED) is 0.820. The van der Waals surface area contributed by atoms with E-state index in [2.05, 4.69) is 10.4 Å². The third-order valence-electron chi connectivity index (χ3n) is 3.58. The molecule has 0 atom stereocenters. The number of hydrogen-bond donors (Lipinski definition) is 2. The van der Waals surface area contributed by atoms with Crippen LogP contribution in [0.25, 0.3) is 0 Å². The molecule has 1 saturated carbocycles. The maximum atomic E-state index is 11.8. The maximum absolute atomic E-state index is 11.8. The molecule has 0 radical (unpaired) electrons. The summed E-state index contributed by atoms with van der Waals surface area (Å²) in [6, 6.07) is 1.87. The first-order chi connectivity index (χ1) is 8.68. The van der Waals surface area contributed by atoms with Crippen molar-refractivity contribution in [3.63, 3.8) is 0 Å². The van der Waals surface area contributed by atoms with Crippen LogP contribution in [0.4, 0.5) is 0 Å². The molecule has 0 saturated heterocycles. The molecule has 1 aromatic heterocycles. The molecule has 0 bridgehead atoms. The van der Waals surface area contributed by atoms with E-state index in [4.69, 9.17) is 5.73 Å². The van der Waals surface area contributed by atoms with E-state index in [0.29, 0.717) is 19.5 Å². The molecule has 2 rings (SSSR count). The summed E-state index contributed by atoms with van der Waals surface area (Å²) in [6.07, 6.45) is 9.57. The molecule has 3 N–H and O–H groups in total. The SMILES string of the molecule is NC1(CC(=O)NCCn2cccn2)CCCCC1. The lowest BCUT2D eigenvalue weighted by molar-refractivity contribution is -0.122. The van der Waals surface area contributed by atoms with Crippen LogP contribution >= 0.6 is 0 Å². The van der Waals surface area contributed by atoms with Gasteiger partial charge in [-0.3, -0.25) is 9.48 Å². The highest BCUT2D eigenvalue weighted by Gasteiger charge is 2.29. The van der Waals surface area contributed by atoms with E-state index >= 15 is 0 Å². The summed E-state index contributed by atoms with van der Waals surface area (Å²) < 4.78 is 1.80. The molecule has 18 heavy (non-hydrogen) atoms. The van der Waals surface area contributed by atoms with E-state index in [1.54, 1.807) is 10.9 Å². The average Bonchev–Trinajstić information content (AvgIpc) is 2.82. The summed E-state index contributed by atoms with van der Waals surface area (Å²) in [6.45, 7) is 1.31. The number of carbonyl (C=O) groups excluding carboxylic acids is 1. The second-order valence-electron chi connectivity index (χ2n) is 5.22. The topological polar surface area (TPSA) is 72.9 Å². The molecule has 0 unspecified atom stereocenters. The molecular formula is C13H22N4O. The van der Waals surface area contributed by atoms with Crippen molar-refractivity contribution in [3.8, 4) is 0 Å². The van der Waals surface area contributed by atoms with Crippen LogP contribution in [0.2, 0.25) is 0 Å². The van der Waals surface area contributed by atoms with Gasteiger partial charge in [-0.25, -0.2) is 0 Å². The van der Waals surface area contributed by atoms with Crippen molar-refractivity contribution in [2.75, 3.05) is 6.54 Å². The molecule has 0 aliphatic heterocycles. The van der Waals surface area contributed by atoms with Crippen LogP contribution in [0.3, 0.4) is 0 Å². The summed E-state index contributed by atoms with van der Waals surface area (Å²) in [5, 5.41) is 7.00. The zero-order valence-electron chi connectivity index (χ0n) is 10.8. The standard InChI is InChI=1S/C13H22N4O/c14-13(5-2-1-3-6-13)11-12(18)15-8-10-17-9-4-7-16-17/h4,7,9H,1-3,5-6,8,10-11,14H2,(H,15,18). The Morgan fingerprint density at radius 3 is 2.83 bits per heavy atom. The lowest BCUT2D eigenvalue weighted by atomic mass is 9.80. The van der Waals surface area contributed by atoms with Crippen LogP contribution in [0.1, 0.15) is 38.5 Å². The smallest absolute Gasteiger partial charge is 0.221 e. The van der Waals surface area contributed by atoms with E-state index in [-0.39, 0.29) is 11.4 Å². The second kappa shape index (κ2) is 6.00. The van der Waals surface area contributed by atoms with Crippen molar-refractivity contribution in [1.82, 2.24) is 15.1 Å². The van der Waals surface area contributed by atoms with Crippen LogP contribution in [0, 0.1) is 0 Å². The summed E-state index contributed by atoms with van der Waals surface area (Å²) in [5.74, 6) is 0.0616. The van der Waals surface area contributed by atoms with E-state index in [1.165, 1.54) is 6.42 Å². The highest BCUT2D eigenvalue weighted by molar-refractivity contribution is 5.77. The Hall–Kier alpha value is -1.36. The van der Waals surface area contributed by atoms with Gasteiger partial charge in [0.25, 0.3) is 0 Å². The second-order valence-corrected chi connectivity index (χ2v) is 5.22. The Morgan fingerprint density at radius 1 is 1.39 bits per heavy atom. The minimum absolute atomic E-state index is 0.0616. The molecule has 1 aromatic rings. The van der Waals surface area contributed by atoms with Gasteiger partial charge in [-0.15, -0.1) is 0 Å². The van der Waals surface area contributed by atoms with Crippen molar-refractivity contribution in [2.24, 2.45) is 5.73 Å². The number of rotatable bonds is 5. The fraction of sp³-hybridized carbons (Fsp3) is 0.692. The fourth-order valence-corrected chi connectivity index (χ4v) is 2.56. The molecule has 0 aromatic carbocycles. The summed E-state index contributed by atoms with van der Waals surface area (Å²) in [5.41, 5.74) is 5.98. The Kier molecular flexibility index (Phi) is 4.36. The van der Waals surface area contributed by atoms with Gasteiger partial charge in [0.2, 0.25) is 5.91 Å². The molecule has 1 aliphatic carbocycles. The van der Waals surface area contributed by atoms with E-state index in [0.717, 1.165) is 25.7 Å². The van der Waals surface area contributed by atoms with Crippen molar-refractivity contribution in [1.29, 1.82) is 0 Å². The summed E-state index contributed by atoms with van der Waals surface area (Å²) >= 11 is 0. The van der Waals surface area contributed by atoms with Gasteiger partial charge in [-0.05, 0) is 18.9 Å². The first kappa shape index (κ1) is 13.1. The number of nitrogens with one attached hydrogen (secondary N) is 1. The number of carbonyl (C=O) groups is 1. The Bertz CT molecular complexity index is 368. The predicted octanol–water partition coefficient (Wildman–Crippen LogP) is 1.05. The summed E-state index contributed by atoms with van der Waals surface area (Å²) in [4.78, 5) is 11.8. The largest absolute Gasteiger partial charge is 0.354 e. The molecule has 5 nitrogen and oxygen atoms in total. The number of aromatic nitrogens is 2. The average molecular weight is 250 g/mol. The van der Waals surface area contributed by atoms with Crippen LogP contribution in [0.15, 0.2) is 18.5 Å². The molecular weight excluding hydrogens is 228 g/mol. The monoisotopic (exact) mass is 250 g/mol. The van der Waals surface area contributed by atoms with E-state index in [9.17, 15) is 4.79 Å². The third kappa shape index (κ3) is 3.84. The first-order valence-electron chi connectivity index (χ1n) is 6.71. The highest BCUT2D eigenvalue weighted by Crippen LogP contribution is 2.28. The normalized spacial score (nSPS) is 18.5. The molecule has 100 valence electrons. The van der Waals surface area contributed by atoms with E-state index < -0.39 is 0 Å². The number of nitrogens with zero attached hydrogens (tertiary/aromatic N) is 2. The van der Waals surface area contributed by atoms with Gasteiger partial charge in [-0.1, -0.05) is 19.3 Å².